The summed E-state index contributed by atoms with van der Waals surface area (Å²) in [7, 11) is 0. The van der Waals surface area contributed by atoms with Gasteiger partial charge in [-0.05, 0) is 61.1 Å². The number of nitrogens with two attached hydrogens (primary N) is 2. The molecule has 0 spiro atoms. The summed E-state index contributed by atoms with van der Waals surface area (Å²) in [5.74, 6) is -0.515. The van der Waals surface area contributed by atoms with E-state index in [9.17, 15) is 9.59 Å². The van der Waals surface area contributed by atoms with Crippen LogP contribution < -0.4 is 26.3 Å². The highest BCUT2D eigenvalue weighted by molar-refractivity contribution is 6.31. The quantitative estimate of drug-likeness (QED) is 0.136. The van der Waals surface area contributed by atoms with E-state index in [1.807, 2.05) is 48.5 Å². The Morgan fingerprint density at radius 3 is 1.91 bits per heavy atom. The van der Waals surface area contributed by atoms with Crippen LogP contribution in [0.5, 0.6) is 11.5 Å². The summed E-state index contributed by atoms with van der Waals surface area (Å²) in [5.41, 5.74) is 14.7. The lowest BCUT2D eigenvalue weighted by Gasteiger charge is -2.45. The Labute approximate surface area is 267 Å². The van der Waals surface area contributed by atoms with Gasteiger partial charge in [0.2, 0.25) is 0 Å². The average molecular weight is 642 g/mol. The number of aliphatic carboxylic acids is 2. The van der Waals surface area contributed by atoms with E-state index < -0.39 is 11.9 Å². The maximum atomic E-state index is 10.8. The number of ether oxygens (including phenoxy) is 2. The zero-order chi connectivity index (χ0) is 32.2. The van der Waals surface area contributed by atoms with E-state index in [1.165, 1.54) is 11.1 Å². The van der Waals surface area contributed by atoms with Crippen molar-refractivity contribution in [1.29, 1.82) is 0 Å². The van der Waals surface area contributed by atoms with Crippen molar-refractivity contribution in [3.05, 3.63) is 70.5 Å². The highest BCUT2D eigenvalue weighted by atomic mass is 35.5. The maximum Gasteiger partial charge on any atom is 0.341 e. The van der Waals surface area contributed by atoms with Gasteiger partial charge in [-0.2, -0.15) is 0 Å². The summed E-state index contributed by atoms with van der Waals surface area (Å²) >= 11 is 6.10. The summed E-state index contributed by atoms with van der Waals surface area (Å²) in [6.45, 7) is 3.84. The van der Waals surface area contributed by atoms with Crippen LogP contribution >= 0.6 is 11.6 Å². The molecule has 1 fully saturated rings. The van der Waals surface area contributed by atoms with E-state index >= 15 is 0 Å². The molecule has 13 heteroatoms. The lowest BCUT2D eigenvalue weighted by atomic mass is 9.99. The summed E-state index contributed by atoms with van der Waals surface area (Å²) in [4.78, 5) is 30.0. The molecule has 4 rings (SSSR count). The van der Waals surface area contributed by atoms with Gasteiger partial charge in [-0.15, -0.1) is 0 Å². The number of nitrogens with one attached hydrogen (secondary N) is 1. The molecule has 0 radical (unpaired) electrons. The second-order valence-electron chi connectivity index (χ2n) is 11.5. The fourth-order valence-corrected chi connectivity index (χ4v) is 6.03. The van der Waals surface area contributed by atoms with Crippen LogP contribution in [0.1, 0.15) is 42.5 Å². The number of hydrogen-bond donors (Lipinski definition) is 5. The Bertz CT molecular complexity index is 1360. The SMILES string of the molecule is Nc1nc(N)c(CNC2CCC[N+](CCCc3ccc(OCC(=O)O)cc3)(CCCc3ccc(OCC(=O)O)cc3)C2)nc1Cl. The Hall–Kier alpha value is -4.13. The van der Waals surface area contributed by atoms with E-state index in [0.717, 1.165) is 69.2 Å². The van der Waals surface area contributed by atoms with Gasteiger partial charge in [-0.3, -0.25) is 0 Å². The van der Waals surface area contributed by atoms with E-state index in [0.29, 0.717) is 23.7 Å². The third-order valence-electron chi connectivity index (χ3n) is 8.10. The number of carbonyl (C=O) groups is 2. The number of likely N-dealkylation sites (tertiary alicyclic amines) is 1. The first-order chi connectivity index (χ1) is 21.6. The van der Waals surface area contributed by atoms with Crippen LogP contribution in [-0.2, 0) is 29.0 Å². The van der Waals surface area contributed by atoms with Gasteiger partial charge in [0.1, 0.15) is 17.3 Å². The smallest absolute Gasteiger partial charge is 0.341 e. The molecular weight excluding hydrogens is 600 g/mol. The molecule has 7 N–H and O–H groups in total. The number of quaternary nitrogens is 1. The number of aryl methyl sites for hydroxylation is 2. The van der Waals surface area contributed by atoms with E-state index in [2.05, 4.69) is 15.3 Å². The Balaban J connectivity index is 1.37. The standard InChI is InChI=1S/C32H41ClN6O6/c33-30-32(35)38-31(34)27(37-30)18-36-24-6-3-17-39(19-24,15-1-4-22-7-11-25(12-8-22)44-20-28(40)41)16-2-5-23-9-13-26(14-10-23)45-21-29(42)43/h7-14,24,36H,1-6,15-21H2,(H5-,34,35,38,40,41,42,43)/p+1. The minimum Gasteiger partial charge on any atom is -0.482 e. The van der Waals surface area contributed by atoms with Crippen molar-refractivity contribution in [2.75, 3.05) is 50.9 Å². The van der Waals surface area contributed by atoms with Gasteiger partial charge >= 0.3 is 11.9 Å². The summed E-state index contributed by atoms with van der Waals surface area (Å²) in [6, 6.07) is 15.5. The molecule has 1 aliphatic heterocycles. The van der Waals surface area contributed by atoms with Crippen molar-refractivity contribution < 1.29 is 33.8 Å². The van der Waals surface area contributed by atoms with Gasteiger partial charge < -0.3 is 41.0 Å². The molecule has 0 aliphatic carbocycles. The number of carboxylic acid groups (broad SMARTS) is 2. The molecule has 1 atom stereocenters. The van der Waals surface area contributed by atoms with Crippen molar-refractivity contribution in [3.63, 3.8) is 0 Å². The van der Waals surface area contributed by atoms with Crippen LogP contribution in [0.3, 0.4) is 0 Å². The molecule has 1 aromatic heterocycles. The number of hydrogen-bond acceptors (Lipinski definition) is 9. The van der Waals surface area contributed by atoms with Crippen molar-refractivity contribution in [2.45, 2.75) is 51.1 Å². The first kappa shape index (κ1) is 33.8. The van der Waals surface area contributed by atoms with Crippen molar-refractivity contribution in [3.8, 4) is 11.5 Å². The Morgan fingerprint density at radius 2 is 1.40 bits per heavy atom. The monoisotopic (exact) mass is 641 g/mol. The topological polar surface area (TPSA) is 183 Å². The number of aromatic nitrogens is 2. The van der Waals surface area contributed by atoms with Crippen LogP contribution in [0.25, 0.3) is 0 Å². The number of halogens is 1. The molecule has 12 nitrogen and oxygen atoms in total. The molecule has 242 valence electrons. The predicted octanol–water partition coefficient (Wildman–Crippen LogP) is 3.56. The van der Waals surface area contributed by atoms with Crippen LogP contribution in [0.15, 0.2) is 48.5 Å². The highest BCUT2D eigenvalue weighted by Gasteiger charge is 2.34. The van der Waals surface area contributed by atoms with Gasteiger partial charge in [-0.25, -0.2) is 19.6 Å². The molecule has 45 heavy (non-hydrogen) atoms. The normalized spacial score (nSPS) is 15.8. The van der Waals surface area contributed by atoms with Crippen LogP contribution in [0.4, 0.5) is 11.6 Å². The first-order valence-electron chi connectivity index (χ1n) is 15.1. The van der Waals surface area contributed by atoms with Crippen LogP contribution in [0, 0.1) is 0 Å². The summed E-state index contributed by atoms with van der Waals surface area (Å²) in [5, 5.41) is 21.5. The second kappa shape index (κ2) is 16.3. The Morgan fingerprint density at radius 1 is 0.867 bits per heavy atom. The number of anilines is 2. The molecular formula is C32H42ClN6O6+. The fourth-order valence-electron chi connectivity index (χ4n) is 5.88. The van der Waals surface area contributed by atoms with Crippen LogP contribution in [0.2, 0.25) is 5.15 Å². The number of benzene rings is 2. The number of rotatable bonds is 17. The van der Waals surface area contributed by atoms with Gasteiger partial charge in [0.25, 0.3) is 0 Å². The third kappa shape index (κ3) is 10.8. The van der Waals surface area contributed by atoms with Crippen molar-refractivity contribution >= 4 is 35.2 Å². The summed E-state index contributed by atoms with van der Waals surface area (Å²) in [6.07, 6.45) is 5.96. The van der Waals surface area contributed by atoms with Gasteiger partial charge in [0, 0.05) is 19.4 Å². The van der Waals surface area contributed by atoms with Crippen molar-refractivity contribution in [1.82, 2.24) is 15.3 Å². The third-order valence-corrected chi connectivity index (χ3v) is 8.38. The lowest BCUT2D eigenvalue weighted by molar-refractivity contribution is -0.933. The molecule has 2 aromatic carbocycles. The second-order valence-corrected chi connectivity index (χ2v) is 11.9. The molecule has 2 heterocycles. The lowest BCUT2D eigenvalue weighted by Crippen LogP contribution is -2.59. The zero-order valence-electron chi connectivity index (χ0n) is 25.3. The molecule has 1 unspecified atom stereocenters. The molecule has 1 saturated heterocycles. The molecule has 0 amide bonds. The fraction of sp³-hybridized carbons (Fsp3) is 0.438. The van der Waals surface area contributed by atoms with E-state index in [1.54, 1.807) is 0 Å². The molecule has 0 bridgehead atoms. The predicted molar refractivity (Wildman–Crippen MR) is 171 cm³/mol. The first-order valence-corrected chi connectivity index (χ1v) is 15.5. The largest absolute Gasteiger partial charge is 0.482 e. The zero-order valence-corrected chi connectivity index (χ0v) is 26.0. The number of carboxylic acids is 2. The van der Waals surface area contributed by atoms with E-state index in [4.69, 9.17) is 42.8 Å². The highest BCUT2D eigenvalue weighted by Crippen LogP contribution is 2.24. The minimum absolute atomic E-state index is 0.121. The van der Waals surface area contributed by atoms with Gasteiger partial charge in [0.15, 0.2) is 24.2 Å². The number of nitrogen functional groups attached to an aromatic ring is 2. The van der Waals surface area contributed by atoms with Crippen molar-refractivity contribution in [2.24, 2.45) is 0 Å². The average Bonchev–Trinajstić information content (AvgIpc) is 3.01. The summed E-state index contributed by atoms with van der Waals surface area (Å²) < 4.78 is 11.5. The molecule has 1 aliphatic rings. The molecule has 3 aromatic rings. The minimum atomic E-state index is -1.00. The molecule has 0 saturated carbocycles. The van der Waals surface area contributed by atoms with E-state index in [-0.39, 0.29) is 36.0 Å². The number of nitrogens with zero attached hydrogens (tertiary/aromatic N) is 3. The van der Waals surface area contributed by atoms with Gasteiger partial charge in [0.05, 0.1) is 37.9 Å². The maximum absolute atomic E-state index is 10.8. The van der Waals surface area contributed by atoms with Crippen LogP contribution in [-0.4, -0.2) is 82.0 Å². The Kier molecular flexibility index (Phi) is 12.2. The van der Waals surface area contributed by atoms with Gasteiger partial charge in [-0.1, -0.05) is 35.9 Å². The number of piperidine rings is 1.